The maximum absolute atomic E-state index is 11.8. The van der Waals surface area contributed by atoms with E-state index in [0.29, 0.717) is 17.8 Å². The number of carbonyl (C=O) groups excluding carboxylic acids is 1. The normalized spacial score (nSPS) is 9.73. The van der Waals surface area contributed by atoms with E-state index in [1.165, 1.54) is 0 Å². The molecule has 1 aromatic carbocycles. The van der Waals surface area contributed by atoms with E-state index < -0.39 is 0 Å². The minimum atomic E-state index is -0.0668. The van der Waals surface area contributed by atoms with E-state index in [9.17, 15) is 4.79 Å². The lowest BCUT2D eigenvalue weighted by Crippen LogP contribution is -2.26. The standard InChI is InChI=1S/C11H13BrN2O/c1-3-4-14(2)11(15)8-5-9(12)7-10(13)6-8/h3,5-7H,1,4,13H2,2H3. The number of halogens is 1. The Morgan fingerprint density at radius 2 is 2.27 bits per heavy atom. The molecule has 0 unspecified atom stereocenters. The summed E-state index contributed by atoms with van der Waals surface area (Å²) in [7, 11) is 1.72. The zero-order valence-corrected chi connectivity index (χ0v) is 10.1. The highest BCUT2D eigenvalue weighted by molar-refractivity contribution is 9.10. The van der Waals surface area contributed by atoms with Gasteiger partial charge in [-0.3, -0.25) is 4.79 Å². The molecule has 1 amide bonds. The molecule has 0 saturated heterocycles. The fourth-order valence-electron chi connectivity index (χ4n) is 1.23. The van der Waals surface area contributed by atoms with Gasteiger partial charge in [-0.15, -0.1) is 6.58 Å². The second-order valence-electron chi connectivity index (χ2n) is 3.25. The largest absolute Gasteiger partial charge is 0.399 e. The number of nitrogens with zero attached hydrogens (tertiary/aromatic N) is 1. The molecule has 1 aromatic rings. The molecule has 0 atom stereocenters. The summed E-state index contributed by atoms with van der Waals surface area (Å²) < 4.78 is 0.804. The molecule has 0 aliphatic carbocycles. The Bertz CT molecular complexity index is 370. The second-order valence-corrected chi connectivity index (χ2v) is 4.16. The van der Waals surface area contributed by atoms with Crippen LogP contribution in [0.4, 0.5) is 5.69 Å². The Labute approximate surface area is 97.7 Å². The highest BCUT2D eigenvalue weighted by atomic mass is 79.9. The lowest BCUT2D eigenvalue weighted by atomic mass is 10.2. The summed E-state index contributed by atoms with van der Waals surface area (Å²) in [6.45, 7) is 4.10. The first-order chi connectivity index (χ1) is 7.04. The van der Waals surface area contributed by atoms with Crippen LogP contribution >= 0.6 is 15.9 Å². The Morgan fingerprint density at radius 3 is 2.80 bits per heavy atom. The zero-order chi connectivity index (χ0) is 11.4. The number of amides is 1. The summed E-state index contributed by atoms with van der Waals surface area (Å²) in [5.74, 6) is -0.0668. The molecular weight excluding hydrogens is 256 g/mol. The smallest absolute Gasteiger partial charge is 0.253 e. The number of rotatable bonds is 3. The molecule has 0 spiro atoms. The van der Waals surface area contributed by atoms with Crippen LogP contribution < -0.4 is 5.73 Å². The summed E-state index contributed by atoms with van der Waals surface area (Å²) in [6, 6.07) is 5.16. The number of anilines is 1. The predicted octanol–water partition coefficient (Wildman–Crippen LogP) is 2.29. The molecule has 2 N–H and O–H groups in total. The molecule has 3 nitrogen and oxygen atoms in total. The highest BCUT2D eigenvalue weighted by Gasteiger charge is 2.11. The van der Waals surface area contributed by atoms with Crippen LogP contribution in [0.5, 0.6) is 0 Å². The van der Waals surface area contributed by atoms with Gasteiger partial charge in [-0.2, -0.15) is 0 Å². The summed E-state index contributed by atoms with van der Waals surface area (Å²) in [6.07, 6.45) is 1.68. The molecule has 1 rings (SSSR count). The molecule has 0 aliphatic rings. The van der Waals surface area contributed by atoms with Crippen molar-refractivity contribution < 1.29 is 4.79 Å². The Kier molecular flexibility index (Phi) is 3.91. The fraction of sp³-hybridized carbons (Fsp3) is 0.182. The Morgan fingerprint density at radius 1 is 1.60 bits per heavy atom. The molecule has 0 bridgehead atoms. The van der Waals surface area contributed by atoms with Crippen molar-refractivity contribution in [2.45, 2.75) is 0 Å². The van der Waals surface area contributed by atoms with Crippen molar-refractivity contribution in [3.05, 3.63) is 40.9 Å². The van der Waals surface area contributed by atoms with Crippen LogP contribution in [0.3, 0.4) is 0 Å². The fourth-order valence-corrected chi connectivity index (χ4v) is 1.74. The van der Waals surface area contributed by atoms with Gasteiger partial charge in [0.15, 0.2) is 0 Å². The van der Waals surface area contributed by atoms with E-state index in [1.807, 2.05) is 0 Å². The van der Waals surface area contributed by atoms with Crippen LogP contribution in [0.25, 0.3) is 0 Å². The molecule has 0 saturated carbocycles. The van der Waals surface area contributed by atoms with Crippen LogP contribution in [0, 0.1) is 0 Å². The quantitative estimate of drug-likeness (QED) is 0.676. The summed E-state index contributed by atoms with van der Waals surface area (Å²) in [4.78, 5) is 13.4. The summed E-state index contributed by atoms with van der Waals surface area (Å²) in [5, 5.41) is 0. The molecule has 0 aliphatic heterocycles. The van der Waals surface area contributed by atoms with E-state index in [0.717, 1.165) is 4.47 Å². The number of carbonyl (C=O) groups is 1. The maximum atomic E-state index is 11.8. The average Bonchev–Trinajstić information content (AvgIpc) is 2.15. The number of benzene rings is 1. The van der Waals surface area contributed by atoms with Gasteiger partial charge < -0.3 is 10.6 Å². The van der Waals surface area contributed by atoms with Gasteiger partial charge in [0.1, 0.15) is 0 Å². The predicted molar refractivity (Wildman–Crippen MR) is 65.7 cm³/mol. The van der Waals surface area contributed by atoms with E-state index in [4.69, 9.17) is 5.73 Å². The first kappa shape index (κ1) is 11.8. The minimum Gasteiger partial charge on any atom is -0.399 e. The van der Waals surface area contributed by atoms with E-state index in [-0.39, 0.29) is 5.91 Å². The third-order valence-electron chi connectivity index (χ3n) is 1.92. The number of nitrogen functional groups attached to an aromatic ring is 1. The number of nitrogens with two attached hydrogens (primary N) is 1. The van der Waals surface area contributed by atoms with Gasteiger partial charge in [-0.1, -0.05) is 22.0 Å². The number of hydrogen-bond acceptors (Lipinski definition) is 2. The van der Waals surface area contributed by atoms with E-state index in [2.05, 4.69) is 22.5 Å². The lowest BCUT2D eigenvalue weighted by Gasteiger charge is -2.15. The number of hydrogen-bond donors (Lipinski definition) is 1. The van der Waals surface area contributed by atoms with Crippen molar-refractivity contribution in [3.8, 4) is 0 Å². The SMILES string of the molecule is C=CCN(C)C(=O)c1cc(N)cc(Br)c1. The highest BCUT2D eigenvalue weighted by Crippen LogP contribution is 2.18. The van der Waals surface area contributed by atoms with Crippen LogP contribution in [0.1, 0.15) is 10.4 Å². The molecule has 15 heavy (non-hydrogen) atoms. The second kappa shape index (κ2) is 4.98. The third kappa shape index (κ3) is 3.09. The molecule has 0 fully saturated rings. The topological polar surface area (TPSA) is 46.3 Å². The van der Waals surface area contributed by atoms with Crippen molar-refractivity contribution in [2.24, 2.45) is 0 Å². The average molecular weight is 269 g/mol. The van der Waals surface area contributed by atoms with Gasteiger partial charge in [0.2, 0.25) is 0 Å². The zero-order valence-electron chi connectivity index (χ0n) is 8.53. The first-order valence-electron chi connectivity index (χ1n) is 4.47. The molecule has 0 aromatic heterocycles. The molecule has 80 valence electrons. The van der Waals surface area contributed by atoms with Crippen molar-refractivity contribution in [1.82, 2.24) is 4.90 Å². The van der Waals surface area contributed by atoms with Crippen LogP contribution in [0.2, 0.25) is 0 Å². The van der Waals surface area contributed by atoms with Crippen LogP contribution in [0.15, 0.2) is 35.3 Å². The van der Waals surface area contributed by atoms with Gasteiger partial charge in [0, 0.05) is 29.3 Å². The lowest BCUT2D eigenvalue weighted by molar-refractivity contribution is 0.0810. The van der Waals surface area contributed by atoms with Gasteiger partial charge >= 0.3 is 0 Å². The van der Waals surface area contributed by atoms with Gasteiger partial charge in [-0.05, 0) is 18.2 Å². The van der Waals surface area contributed by atoms with Crippen molar-refractivity contribution in [1.29, 1.82) is 0 Å². The van der Waals surface area contributed by atoms with Crippen LogP contribution in [-0.2, 0) is 0 Å². The van der Waals surface area contributed by atoms with Crippen molar-refractivity contribution >= 4 is 27.5 Å². The molecule has 0 heterocycles. The summed E-state index contributed by atoms with van der Waals surface area (Å²) >= 11 is 3.30. The van der Waals surface area contributed by atoms with Crippen LogP contribution in [-0.4, -0.2) is 24.4 Å². The number of likely N-dealkylation sites (N-methyl/N-ethyl adjacent to an activating group) is 1. The first-order valence-corrected chi connectivity index (χ1v) is 5.26. The van der Waals surface area contributed by atoms with E-state index in [1.54, 1.807) is 36.2 Å². The monoisotopic (exact) mass is 268 g/mol. The third-order valence-corrected chi connectivity index (χ3v) is 2.37. The molecule has 0 radical (unpaired) electrons. The summed E-state index contributed by atoms with van der Waals surface area (Å²) in [5.41, 5.74) is 6.79. The van der Waals surface area contributed by atoms with E-state index >= 15 is 0 Å². The Balaban J connectivity index is 2.95. The van der Waals surface area contributed by atoms with Crippen molar-refractivity contribution in [3.63, 3.8) is 0 Å². The molecular formula is C11H13BrN2O. The molecule has 4 heteroatoms. The van der Waals surface area contributed by atoms with Gasteiger partial charge in [-0.25, -0.2) is 0 Å². The Hall–Kier alpha value is -1.29. The van der Waals surface area contributed by atoms with Crippen molar-refractivity contribution in [2.75, 3.05) is 19.3 Å². The maximum Gasteiger partial charge on any atom is 0.253 e. The van der Waals surface area contributed by atoms with Gasteiger partial charge in [0.25, 0.3) is 5.91 Å². The minimum absolute atomic E-state index is 0.0668. The van der Waals surface area contributed by atoms with Gasteiger partial charge in [0.05, 0.1) is 0 Å².